The lowest BCUT2D eigenvalue weighted by molar-refractivity contribution is -0.117. The quantitative estimate of drug-likeness (QED) is 0.802. The topological polar surface area (TPSA) is 71.8 Å². The van der Waals surface area contributed by atoms with Gasteiger partial charge in [0.1, 0.15) is 17.1 Å². The van der Waals surface area contributed by atoms with E-state index in [0.717, 1.165) is 16.8 Å². The first-order valence-corrected chi connectivity index (χ1v) is 8.45. The average Bonchev–Trinajstić information content (AvgIpc) is 2.90. The third-order valence-corrected chi connectivity index (χ3v) is 4.15. The minimum Gasteiger partial charge on any atom is -0.465 e. The molecule has 2 aromatic rings. The number of aryl methyl sites for hydroxylation is 4. The van der Waals surface area contributed by atoms with Crippen molar-refractivity contribution in [3.05, 3.63) is 52.0 Å². The molecule has 1 aromatic heterocycles. The largest absolute Gasteiger partial charge is 0.465 e. The van der Waals surface area contributed by atoms with Gasteiger partial charge in [0.15, 0.2) is 0 Å². The molecule has 26 heavy (non-hydrogen) atoms. The van der Waals surface area contributed by atoms with E-state index in [2.05, 4.69) is 5.32 Å². The zero-order valence-corrected chi connectivity index (χ0v) is 16.2. The minimum absolute atomic E-state index is 0.0981. The molecule has 140 valence electrons. The third kappa shape index (κ3) is 4.73. The van der Waals surface area contributed by atoms with E-state index in [0.29, 0.717) is 23.6 Å². The minimum atomic E-state index is -0.428. The average molecular weight is 358 g/mol. The van der Waals surface area contributed by atoms with Crippen molar-refractivity contribution >= 4 is 17.6 Å². The number of furan rings is 1. The number of carbonyl (C=O) groups excluding carboxylic acids is 2. The second kappa shape index (κ2) is 8.19. The van der Waals surface area contributed by atoms with Gasteiger partial charge >= 0.3 is 5.97 Å². The van der Waals surface area contributed by atoms with Crippen molar-refractivity contribution in [2.24, 2.45) is 0 Å². The van der Waals surface area contributed by atoms with Gasteiger partial charge in [-0.2, -0.15) is 0 Å². The number of nitrogens with one attached hydrogen (secondary N) is 1. The van der Waals surface area contributed by atoms with Gasteiger partial charge in [0.2, 0.25) is 5.91 Å². The predicted octanol–water partition coefficient (Wildman–Crippen LogP) is 3.37. The SMILES string of the molecule is COC(=O)c1cc(CN(C)CC(=O)Nc2c(C)cc(C)cc2C)oc1C. The first-order chi connectivity index (χ1) is 12.2. The molecule has 0 atom stereocenters. The molecule has 1 amide bonds. The van der Waals surface area contributed by atoms with Gasteiger partial charge in [0.25, 0.3) is 0 Å². The number of methoxy groups -OCH3 is 1. The Morgan fingerprint density at radius 1 is 1.12 bits per heavy atom. The van der Waals surface area contributed by atoms with E-state index >= 15 is 0 Å². The fourth-order valence-corrected chi connectivity index (χ4v) is 3.06. The maximum Gasteiger partial charge on any atom is 0.341 e. The number of ether oxygens (including phenoxy) is 1. The second-order valence-electron chi connectivity index (χ2n) is 6.67. The van der Waals surface area contributed by atoms with Gasteiger partial charge < -0.3 is 14.5 Å². The normalized spacial score (nSPS) is 10.9. The van der Waals surface area contributed by atoms with Gasteiger partial charge in [-0.05, 0) is 51.9 Å². The molecule has 0 bridgehead atoms. The van der Waals surface area contributed by atoms with Crippen LogP contribution in [-0.2, 0) is 16.1 Å². The monoisotopic (exact) mass is 358 g/mol. The zero-order valence-electron chi connectivity index (χ0n) is 16.2. The van der Waals surface area contributed by atoms with E-state index in [1.807, 2.05) is 44.9 Å². The Hall–Kier alpha value is -2.60. The summed E-state index contributed by atoms with van der Waals surface area (Å²) in [6.45, 7) is 8.34. The molecule has 1 aromatic carbocycles. The first kappa shape index (κ1) is 19.7. The molecule has 1 heterocycles. The molecular formula is C20H26N2O4. The summed E-state index contributed by atoms with van der Waals surface area (Å²) in [5, 5.41) is 2.98. The Balaban J connectivity index is 1.99. The number of hydrogen-bond donors (Lipinski definition) is 1. The molecule has 0 saturated heterocycles. The number of amides is 1. The maximum atomic E-state index is 12.4. The van der Waals surface area contributed by atoms with Gasteiger partial charge in [-0.1, -0.05) is 17.7 Å². The number of rotatable bonds is 6. The van der Waals surface area contributed by atoms with Crippen LogP contribution >= 0.6 is 0 Å². The van der Waals surface area contributed by atoms with Crippen LogP contribution in [0.1, 0.15) is 38.6 Å². The number of carbonyl (C=O) groups is 2. The molecule has 0 radical (unpaired) electrons. The molecule has 6 heteroatoms. The summed E-state index contributed by atoms with van der Waals surface area (Å²) < 4.78 is 10.3. The van der Waals surface area contributed by atoms with E-state index in [-0.39, 0.29) is 12.5 Å². The Kier molecular flexibility index (Phi) is 6.21. The summed E-state index contributed by atoms with van der Waals surface area (Å²) >= 11 is 0. The fourth-order valence-electron chi connectivity index (χ4n) is 3.06. The lowest BCUT2D eigenvalue weighted by Gasteiger charge is -2.17. The Bertz CT molecular complexity index is 800. The number of anilines is 1. The number of hydrogen-bond acceptors (Lipinski definition) is 5. The van der Waals surface area contributed by atoms with Crippen LogP contribution in [0.3, 0.4) is 0 Å². The van der Waals surface area contributed by atoms with Gasteiger partial charge in [0.05, 0.1) is 20.2 Å². The number of nitrogens with zero attached hydrogens (tertiary/aromatic N) is 1. The Labute approximate surface area is 154 Å². The van der Waals surface area contributed by atoms with Crippen LogP contribution in [0.2, 0.25) is 0 Å². The van der Waals surface area contributed by atoms with E-state index in [9.17, 15) is 9.59 Å². The maximum absolute atomic E-state index is 12.4. The summed E-state index contributed by atoms with van der Waals surface area (Å²) in [6.07, 6.45) is 0. The molecule has 6 nitrogen and oxygen atoms in total. The Morgan fingerprint density at radius 2 is 1.73 bits per heavy atom. The summed E-state index contributed by atoms with van der Waals surface area (Å²) in [4.78, 5) is 25.8. The summed E-state index contributed by atoms with van der Waals surface area (Å²) in [5.74, 6) is 0.596. The molecule has 0 aliphatic rings. The van der Waals surface area contributed by atoms with Crippen LogP contribution in [0.4, 0.5) is 5.69 Å². The lowest BCUT2D eigenvalue weighted by Crippen LogP contribution is -2.30. The first-order valence-electron chi connectivity index (χ1n) is 8.45. The predicted molar refractivity (Wildman–Crippen MR) is 100 cm³/mol. The van der Waals surface area contributed by atoms with Crippen LogP contribution in [0.25, 0.3) is 0 Å². The van der Waals surface area contributed by atoms with Crippen LogP contribution in [0.15, 0.2) is 22.6 Å². The Morgan fingerprint density at radius 3 is 2.31 bits per heavy atom. The fraction of sp³-hybridized carbons (Fsp3) is 0.400. The smallest absolute Gasteiger partial charge is 0.341 e. The van der Waals surface area contributed by atoms with Gasteiger partial charge in [-0.3, -0.25) is 9.69 Å². The molecule has 0 fully saturated rings. The van der Waals surface area contributed by atoms with Gasteiger partial charge in [-0.15, -0.1) is 0 Å². The van der Waals surface area contributed by atoms with Gasteiger partial charge in [0, 0.05) is 5.69 Å². The summed E-state index contributed by atoms with van der Waals surface area (Å²) in [7, 11) is 3.16. The van der Waals surface area contributed by atoms with Crippen molar-refractivity contribution in [2.45, 2.75) is 34.2 Å². The van der Waals surface area contributed by atoms with Crippen molar-refractivity contribution in [1.82, 2.24) is 4.90 Å². The molecule has 0 spiro atoms. The molecule has 0 aliphatic heterocycles. The van der Waals surface area contributed by atoms with Crippen LogP contribution in [-0.4, -0.2) is 37.5 Å². The molecular weight excluding hydrogens is 332 g/mol. The molecule has 0 saturated carbocycles. The number of likely N-dealkylation sites (N-methyl/N-ethyl adjacent to an activating group) is 1. The van der Waals surface area contributed by atoms with Crippen LogP contribution in [0, 0.1) is 27.7 Å². The highest BCUT2D eigenvalue weighted by Gasteiger charge is 2.17. The molecule has 2 rings (SSSR count). The number of benzene rings is 1. The highest BCUT2D eigenvalue weighted by atomic mass is 16.5. The summed E-state index contributed by atoms with van der Waals surface area (Å²) in [5.41, 5.74) is 4.53. The third-order valence-electron chi connectivity index (χ3n) is 4.15. The highest BCUT2D eigenvalue weighted by molar-refractivity contribution is 5.94. The van der Waals surface area contributed by atoms with E-state index in [1.165, 1.54) is 12.7 Å². The highest BCUT2D eigenvalue weighted by Crippen LogP contribution is 2.22. The zero-order chi connectivity index (χ0) is 19.4. The number of esters is 1. The molecule has 1 N–H and O–H groups in total. The van der Waals surface area contributed by atoms with Crippen molar-refractivity contribution < 1.29 is 18.7 Å². The molecule has 0 aliphatic carbocycles. The lowest BCUT2D eigenvalue weighted by atomic mass is 10.1. The van der Waals surface area contributed by atoms with Crippen LogP contribution < -0.4 is 5.32 Å². The standard InChI is InChI=1S/C20H26N2O4/c1-12-7-13(2)19(14(3)8-12)21-18(23)11-22(5)10-16-9-17(15(4)26-16)20(24)25-6/h7-9H,10-11H2,1-6H3,(H,21,23). The second-order valence-corrected chi connectivity index (χ2v) is 6.67. The van der Waals surface area contributed by atoms with Crippen molar-refractivity contribution in [2.75, 3.05) is 26.0 Å². The van der Waals surface area contributed by atoms with Gasteiger partial charge in [-0.25, -0.2) is 4.79 Å². The van der Waals surface area contributed by atoms with E-state index in [4.69, 9.17) is 9.15 Å². The van der Waals surface area contributed by atoms with Crippen LogP contribution in [0.5, 0.6) is 0 Å². The van der Waals surface area contributed by atoms with E-state index < -0.39 is 5.97 Å². The molecule has 0 unspecified atom stereocenters. The van der Waals surface area contributed by atoms with Crippen molar-refractivity contribution in [3.63, 3.8) is 0 Å². The van der Waals surface area contributed by atoms with E-state index in [1.54, 1.807) is 13.0 Å². The van der Waals surface area contributed by atoms with Crippen molar-refractivity contribution in [1.29, 1.82) is 0 Å². The van der Waals surface area contributed by atoms with Crippen molar-refractivity contribution in [3.8, 4) is 0 Å². The summed E-state index contributed by atoms with van der Waals surface area (Å²) in [6, 6.07) is 5.75.